The Morgan fingerprint density at radius 1 is 1.20 bits per heavy atom. The molecule has 0 aliphatic carbocycles. The van der Waals surface area contributed by atoms with Crippen LogP contribution in [0.1, 0.15) is 16.1 Å². The van der Waals surface area contributed by atoms with E-state index in [1.807, 2.05) is 0 Å². The molecule has 20 heavy (non-hydrogen) atoms. The van der Waals surface area contributed by atoms with Gasteiger partial charge in [0.2, 0.25) is 0 Å². The first-order valence-corrected chi connectivity index (χ1v) is 6.47. The molecule has 2 amide bonds. The van der Waals surface area contributed by atoms with E-state index in [0.717, 1.165) is 4.47 Å². The minimum atomic E-state index is -0.744. The molecule has 0 radical (unpaired) electrons. The largest absolute Gasteiger partial charge is 0.465 e. The van der Waals surface area contributed by atoms with Gasteiger partial charge in [-0.05, 0) is 36.4 Å². The van der Waals surface area contributed by atoms with Gasteiger partial charge in [-0.15, -0.1) is 0 Å². The summed E-state index contributed by atoms with van der Waals surface area (Å²) in [7, 11) is 0. The van der Waals surface area contributed by atoms with Crippen LogP contribution in [0, 0.1) is 0 Å². The molecule has 0 aliphatic heterocycles. The highest BCUT2D eigenvalue weighted by molar-refractivity contribution is 9.10. The van der Waals surface area contributed by atoms with Crippen molar-refractivity contribution in [3.05, 3.63) is 64.2 Å². The third-order valence-corrected chi connectivity index (χ3v) is 2.98. The predicted octanol–water partition coefficient (Wildman–Crippen LogP) is 2.30. The molecule has 5 nitrogen and oxygen atoms in total. The topological polar surface area (TPSA) is 85.3 Å². The van der Waals surface area contributed by atoms with Crippen molar-refractivity contribution in [3.63, 3.8) is 0 Å². The number of primary amides is 1. The van der Waals surface area contributed by atoms with Gasteiger partial charge in [0, 0.05) is 16.1 Å². The lowest BCUT2D eigenvalue weighted by atomic mass is 10.2. The van der Waals surface area contributed by atoms with Crippen molar-refractivity contribution in [2.45, 2.75) is 0 Å². The summed E-state index contributed by atoms with van der Waals surface area (Å²) in [5.74, 6) is -0.740. The first-order chi connectivity index (χ1) is 9.56. The molecule has 0 saturated heterocycles. The lowest BCUT2D eigenvalue weighted by Gasteiger charge is -2.06. The molecule has 2 rings (SSSR count). The van der Waals surface area contributed by atoms with Crippen LogP contribution < -0.4 is 11.1 Å². The molecule has 1 heterocycles. The van der Waals surface area contributed by atoms with E-state index in [0.29, 0.717) is 11.3 Å². The van der Waals surface area contributed by atoms with E-state index >= 15 is 0 Å². The zero-order chi connectivity index (χ0) is 14.5. The van der Waals surface area contributed by atoms with Crippen molar-refractivity contribution in [1.29, 1.82) is 0 Å². The summed E-state index contributed by atoms with van der Waals surface area (Å²) in [5.41, 5.74) is 5.61. The molecular formula is C14H11BrN2O3. The van der Waals surface area contributed by atoms with E-state index < -0.39 is 11.8 Å². The van der Waals surface area contributed by atoms with Crippen LogP contribution in [-0.4, -0.2) is 11.8 Å². The molecule has 3 N–H and O–H groups in total. The van der Waals surface area contributed by atoms with Gasteiger partial charge >= 0.3 is 0 Å². The summed E-state index contributed by atoms with van der Waals surface area (Å²) in [5, 5.41) is 2.46. The minimum Gasteiger partial charge on any atom is -0.465 e. The van der Waals surface area contributed by atoms with E-state index in [9.17, 15) is 9.59 Å². The number of hydrogen-bond donors (Lipinski definition) is 2. The maximum Gasteiger partial charge on any atom is 0.265 e. The van der Waals surface area contributed by atoms with Gasteiger partial charge in [-0.2, -0.15) is 0 Å². The van der Waals surface area contributed by atoms with Crippen LogP contribution in [0.3, 0.4) is 0 Å². The number of nitrogens with two attached hydrogens (primary N) is 1. The molecule has 0 atom stereocenters. The van der Waals surface area contributed by atoms with Gasteiger partial charge in [-0.1, -0.05) is 15.9 Å². The van der Waals surface area contributed by atoms with E-state index in [-0.39, 0.29) is 5.70 Å². The highest BCUT2D eigenvalue weighted by Crippen LogP contribution is 2.11. The average molecular weight is 335 g/mol. The van der Waals surface area contributed by atoms with Crippen LogP contribution in [0.5, 0.6) is 0 Å². The Labute approximate surface area is 123 Å². The SMILES string of the molecule is NC(=O)C(=Cc1ccco1)NC(=O)c1ccc(Br)cc1. The highest BCUT2D eigenvalue weighted by Gasteiger charge is 2.12. The average Bonchev–Trinajstić information content (AvgIpc) is 2.91. The molecule has 0 aliphatic rings. The molecule has 1 aromatic heterocycles. The Balaban J connectivity index is 2.18. The smallest absolute Gasteiger partial charge is 0.265 e. The van der Waals surface area contributed by atoms with Crippen molar-refractivity contribution >= 4 is 33.8 Å². The Morgan fingerprint density at radius 3 is 2.45 bits per heavy atom. The molecule has 6 heteroatoms. The third kappa shape index (κ3) is 3.58. The van der Waals surface area contributed by atoms with Gasteiger partial charge in [0.05, 0.1) is 6.26 Å². The summed E-state index contributed by atoms with van der Waals surface area (Å²) in [6.07, 6.45) is 2.83. The lowest BCUT2D eigenvalue weighted by Crippen LogP contribution is -2.31. The molecule has 102 valence electrons. The Kier molecular flexibility index (Phi) is 4.37. The van der Waals surface area contributed by atoms with Crippen molar-refractivity contribution in [3.8, 4) is 0 Å². The number of rotatable bonds is 4. The summed E-state index contributed by atoms with van der Waals surface area (Å²) >= 11 is 3.28. The molecule has 0 saturated carbocycles. The van der Waals surface area contributed by atoms with Crippen LogP contribution in [0.15, 0.2) is 57.2 Å². The number of carbonyl (C=O) groups excluding carboxylic acids is 2. The second-order valence-electron chi connectivity index (χ2n) is 3.90. The summed E-state index contributed by atoms with van der Waals surface area (Å²) in [6, 6.07) is 10.0. The van der Waals surface area contributed by atoms with Crippen LogP contribution in [0.25, 0.3) is 6.08 Å². The van der Waals surface area contributed by atoms with Crippen LogP contribution >= 0.6 is 15.9 Å². The van der Waals surface area contributed by atoms with Gasteiger partial charge in [0.25, 0.3) is 11.8 Å². The van der Waals surface area contributed by atoms with Gasteiger partial charge in [-0.3, -0.25) is 9.59 Å². The normalized spacial score (nSPS) is 11.2. The molecule has 0 bridgehead atoms. The molecule has 0 unspecified atom stereocenters. The van der Waals surface area contributed by atoms with Crippen LogP contribution in [0.2, 0.25) is 0 Å². The molecule has 2 aromatic rings. The fraction of sp³-hybridized carbons (Fsp3) is 0. The van der Waals surface area contributed by atoms with Crippen LogP contribution in [0.4, 0.5) is 0 Å². The molecular weight excluding hydrogens is 324 g/mol. The van der Waals surface area contributed by atoms with E-state index in [2.05, 4.69) is 21.2 Å². The van der Waals surface area contributed by atoms with Gasteiger partial charge in [0.1, 0.15) is 11.5 Å². The zero-order valence-electron chi connectivity index (χ0n) is 10.3. The Hall–Kier alpha value is -2.34. The van der Waals surface area contributed by atoms with Crippen molar-refractivity contribution < 1.29 is 14.0 Å². The summed E-state index contributed by atoms with van der Waals surface area (Å²) in [4.78, 5) is 23.3. The van der Waals surface area contributed by atoms with Gasteiger partial charge in [0.15, 0.2) is 0 Å². The third-order valence-electron chi connectivity index (χ3n) is 2.45. The molecule has 0 fully saturated rings. The fourth-order valence-corrected chi connectivity index (χ4v) is 1.74. The Bertz CT molecular complexity index is 646. The maximum atomic E-state index is 12.0. The second-order valence-corrected chi connectivity index (χ2v) is 4.81. The number of amides is 2. The predicted molar refractivity (Wildman–Crippen MR) is 77.5 cm³/mol. The maximum absolute atomic E-state index is 12.0. The van der Waals surface area contributed by atoms with Crippen molar-refractivity contribution in [2.75, 3.05) is 0 Å². The monoisotopic (exact) mass is 334 g/mol. The first-order valence-electron chi connectivity index (χ1n) is 5.68. The number of halogens is 1. The summed E-state index contributed by atoms with van der Waals surface area (Å²) < 4.78 is 5.93. The van der Waals surface area contributed by atoms with Gasteiger partial charge < -0.3 is 15.5 Å². The van der Waals surface area contributed by atoms with E-state index in [4.69, 9.17) is 10.2 Å². The lowest BCUT2D eigenvalue weighted by molar-refractivity contribution is -0.114. The highest BCUT2D eigenvalue weighted by atomic mass is 79.9. The number of nitrogens with one attached hydrogen (secondary N) is 1. The summed E-state index contributed by atoms with van der Waals surface area (Å²) in [6.45, 7) is 0. The van der Waals surface area contributed by atoms with E-state index in [1.165, 1.54) is 12.3 Å². The molecule has 0 spiro atoms. The van der Waals surface area contributed by atoms with E-state index in [1.54, 1.807) is 36.4 Å². The number of furan rings is 1. The van der Waals surface area contributed by atoms with Crippen molar-refractivity contribution in [1.82, 2.24) is 5.32 Å². The fourth-order valence-electron chi connectivity index (χ4n) is 1.48. The second kappa shape index (κ2) is 6.21. The minimum absolute atomic E-state index is 0.0344. The van der Waals surface area contributed by atoms with Crippen LogP contribution in [-0.2, 0) is 4.79 Å². The zero-order valence-corrected chi connectivity index (χ0v) is 11.9. The molecule has 1 aromatic carbocycles. The number of carbonyl (C=O) groups is 2. The van der Waals surface area contributed by atoms with Crippen molar-refractivity contribution in [2.24, 2.45) is 5.73 Å². The number of hydrogen-bond acceptors (Lipinski definition) is 3. The Morgan fingerprint density at radius 2 is 1.90 bits per heavy atom. The van der Waals surface area contributed by atoms with Gasteiger partial charge in [-0.25, -0.2) is 0 Å². The number of benzene rings is 1. The first kappa shape index (κ1) is 14.1. The quantitative estimate of drug-likeness (QED) is 0.841. The standard InChI is InChI=1S/C14H11BrN2O3/c15-10-5-3-9(4-6-10)14(19)17-12(13(16)18)8-11-2-1-7-20-11/h1-8H,(H2,16,18)(H,17,19).